The van der Waals surface area contributed by atoms with Gasteiger partial charge in [-0.15, -0.1) is 0 Å². The summed E-state index contributed by atoms with van der Waals surface area (Å²) in [4.78, 5) is 0. The third-order valence-electron chi connectivity index (χ3n) is 3.93. The van der Waals surface area contributed by atoms with E-state index >= 15 is 0 Å². The summed E-state index contributed by atoms with van der Waals surface area (Å²) >= 11 is 0. The van der Waals surface area contributed by atoms with Gasteiger partial charge in [-0.3, -0.25) is 0 Å². The van der Waals surface area contributed by atoms with E-state index in [1.807, 2.05) is 31.2 Å². The third-order valence-corrected chi connectivity index (χ3v) is 3.93. The molecule has 0 atom stereocenters. The molecule has 0 saturated carbocycles. The molecule has 2 aromatic carbocycles. The Morgan fingerprint density at radius 3 is 1.96 bits per heavy atom. The SMILES string of the molecule is CCOc1cccc(-c2cccc(OCCCCCCCN)c2)c1. The predicted octanol–water partition coefficient (Wildman–Crippen LogP) is 5.04. The van der Waals surface area contributed by atoms with Gasteiger partial charge in [0.15, 0.2) is 0 Å². The Bertz CT molecular complexity index is 598. The van der Waals surface area contributed by atoms with Crippen LogP contribution in [0.1, 0.15) is 39.0 Å². The Kier molecular flexibility index (Phi) is 8.19. The van der Waals surface area contributed by atoms with Crippen molar-refractivity contribution in [2.75, 3.05) is 19.8 Å². The molecule has 0 bridgehead atoms. The maximum absolute atomic E-state index is 5.90. The number of nitrogens with two attached hydrogens (primary N) is 1. The molecule has 0 aromatic heterocycles. The highest BCUT2D eigenvalue weighted by atomic mass is 16.5. The largest absolute Gasteiger partial charge is 0.494 e. The highest BCUT2D eigenvalue weighted by molar-refractivity contribution is 5.66. The van der Waals surface area contributed by atoms with Gasteiger partial charge in [-0.1, -0.05) is 43.5 Å². The van der Waals surface area contributed by atoms with Gasteiger partial charge in [0.05, 0.1) is 13.2 Å². The number of unbranched alkanes of at least 4 members (excludes halogenated alkanes) is 4. The lowest BCUT2D eigenvalue weighted by Gasteiger charge is -2.09. The van der Waals surface area contributed by atoms with Crippen LogP contribution in [0, 0.1) is 0 Å². The van der Waals surface area contributed by atoms with Crippen LogP contribution in [0.15, 0.2) is 48.5 Å². The van der Waals surface area contributed by atoms with Crippen LogP contribution in [0.5, 0.6) is 11.5 Å². The van der Waals surface area contributed by atoms with Crippen LogP contribution in [-0.2, 0) is 0 Å². The molecule has 130 valence electrons. The van der Waals surface area contributed by atoms with Crippen LogP contribution in [-0.4, -0.2) is 19.8 Å². The van der Waals surface area contributed by atoms with Crippen molar-refractivity contribution in [1.29, 1.82) is 0 Å². The molecule has 0 unspecified atom stereocenters. The fraction of sp³-hybridized carbons (Fsp3) is 0.429. The summed E-state index contributed by atoms with van der Waals surface area (Å²) in [5, 5.41) is 0. The van der Waals surface area contributed by atoms with Crippen molar-refractivity contribution < 1.29 is 9.47 Å². The Hall–Kier alpha value is -2.00. The quantitative estimate of drug-likeness (QED) is 0.588. The fourth-order valence-electron chi connectivity index (χ4n) is 2.66. The summed E-state index contributed by atoms with van der Waals surface area (Å²) in [6, 6.07) is 16.4. The second-order valence-corrected chi connectivity index (χ2v) is 5.89. The smallest absolute Gasteiger partial charge is 0.119 e. The van der Waals surface area contributed by atoms with E-state index in [1.54, 1.807) is 0 Å². The number of ether oxygens (including phenoxy) is 2. The van der Waals surface area contributed by atoms with Gasteiger partial charge in [0.25, 0.3) is 0 Å². The molecule has 2 rings (SSSR count). The second-order valence-electron chi connectivity index (χ2n) is 5.89. The second kappa shape index (κ2) is 10.7. The van der Waals surface area contributed by atoms with Crippen molar-refractivity contribution in [2.45, 2.75) is 39.0 Å². The maximum atomic E-state index is 5.90. The lowest BCUT2D eigenvalue weighted by Crippen LogP contribution is -1.99. The molecule has 3 heteroatoms. The van der Waals surface area contributed by atoms with Crippen LogP contribution in [0.4, 0.5) is 0 Å². The van der Waals surface area contributed by atoms with Gasteiger partial charge in [0.1, 0.15) is 11.5 Å². The fourth-order valence-corrected chi connectivity index (χ4v) is 2.66. The molecule has 3 nitrogen and oxygen atoms in total. The van der Waals surface area contributed by atoms with Gasteiger partial charge < -0.3 is 15.2 Å². The highest BCUT2D eigenvalue weighted by Crippen LogP contribution is 2.27. The Morgan fingerprint density at radius 1 is 0.750 bits per heavy atom. The van der Waals surface area contributed by atoms with Crippen LogP contribution in [0.3, 0.4) is 0 Å². The summed E-state index contributed by atoms with van der Waals surface area (Å²) in [5.41, 5.74) is 7.80. The van der Waals surface area contributed by atoms with E-state index in [2.05, 4.69) is 24.3 Å². The van der Waals surface area contributed by atoms with Crippen molar-refractivity contribution >= 4 is 0 Å². The molecule has 0 fully saturated rings. The first-order valence-corrected chi connectivity index (χ1v) is 8.99. The van der Waals surface area contributed by atoms with E-state index in [4.69, 9.17) is 15.2 Å². The number of hydrogen-bond acceptors (Lipinski definition) is 3. The van der Waals surface area contributed by atoms with Crippen molar-refractivity contribution in [3.8, 4) is 22.6 Å². The van der Waals surface area contributed by atoms with E-state index in [9.17, 15) is 0 Å². The van der Waals surface area contributed by atoms with Crippen molar-refractivity contribution in [2.24, 2.45) is 5.73 Å². The summed E-state index contributed by atoms with van der Waals surface area (Å²) in [6.07, 6.45) is 5.89. The average Bonchev–Trinajstić information content (AvgIpc) is 2.62. The van der Waals surface area contributed by atoms with Gasteiger partial charge in [0.2, 0.25) is 0 Å². The normalized spacial score (nSPS) is 10.6. The molecular weight excluding hydrogens is 298 g/mol. The lowest BCUT2D eigenvalue weighted by molar-refractivity contribution is 0.304. The van der Waals surface area contributed by atoms with E-state index < -0.39 is 0 Å². The molecule has 2 N–H and O–H groups in total. The molecule has 0 spiro atoms. The van der Waals surface area contributed by atoms with Crippen molar-refractivity contribution in [1.82, 2.24) is 0 Å². The number of hydrogen-bond donors (Lipinski definition) is 1. The number of rotatable bonds is 11. The Morgan fingerprint density at radius 2 is 1.33 bits per heavy atom. The van der Waals surface area contributed by atoms with Gasteiger partial charge in [-0.25, -0.2) is 0 Å². The molecule has 0 aliphatic rings. The molecule has 0 aliphatic carbocycles. The molecule has 0 aliphatic heterocycles. The zero-order valence-corrected chi connectivity index (χ0v) is 14.7. The summed E-state index contributed by atoms with van der Waals surface area (Å²) in [5.74, 6) is 1.83. The van der Waals surface area contributed by atoms with E-state index in [1.165, 1.54) is 19.3 Å². The molecular formula is C21H29NO2. The van der Waals surface area contributed by atoms with Crippen LogP contribution in [0.25, 0.3) is 11.1 Å². The van der Waals surface area contributed by atoms with Gasteiger partial charge >= 0.3 is 0 Å². The minimum Gasteiger partial charge on any atom is -0.494 e. The van der Waals surface area contributed by atoms with E-state index in [0.717, 1.165) is 48.6 Å². The average molecular weight is 327 g/mol. The minimum absolute atomic E-state index is 0.678. The maximum Gasteiger partial charge on any atom is 0.119 e. The molecule has 24 heavy (non-hydrogen) atoms. The monoisotopic (exact) mass is 327 g/mol. The standard InChI is InChI=1S/C21H29NO2/c1-2-23-20-12-8-10-18(16-20)19-11-9-13-21(17-19)24-15-7-5-3-4-6-14-22/h8-13,16-17H,2-7,14-15,22H2,1H3. The van der Waals surface area contributed by atoms with E-state index in [-0.39, 0.29) is 0 Å². The van der Waals surface area contributed by atoms with E-state index in [0.29, 0.717) is 6.61 Å². The van der Waals surface area contributed by atoms with Crippen LogP contribution < -0.4 is 15.2 Å². The molecule has 0 heterocycles. The first kappa shape index (κ1) is 18.3. The molecule has 2 aromatic rings. The van der Waals surface area contributed by atoms with Crippen LogP contribution in [0.2, 0.25) is 0 Å². The Balaban J connectivity index is 1.86. The predicted molar refractivity (Wildman–Crippen MR) is 101 cm³/mol. The zero-order chi connectivity index (χ0) is 17.0. The summed E-state index contributed by atoms with van der Waals surface area (Å²) in [6.45, 7) is 4.24. The topological polar surface area (TPSA) is 44.5 Å². The Labute approximate surface area is 145 Å². The molecule has 0 amide bonds. The lowest BCUT2D eigenvalue weighted by atomic mass is 10.1. The first-order valence-electron chi connectivity index (χ1n) is 8.99. The van der Waals surface area contributed by atoms with Gasteiger partial charge in [0, 0.05) is 0 Å². The van der Waals surface area contributed by atoms with Gasteiger partial charge in [-0.05, 0) is 61.7 Å². The minimum atomic E-state index is 0.678. The van der Waals surface area contributed by atoms with Crippen molar-refractivity contribution in [3.63, 3.8) is 0 Å². The van der Waals surface area contributed by atoms with Crippen LogP contribution >= 0.6 is 0 Å². The number of benzene rings is 2. The molecule has 0 radical (unpaired) electrons. The summed E-state index contributed by atoms with van der Waals surface area (Å²) < 4.78 is 11.5. The molecule has 0 saturated heterocycles. The first-order chi connectivity index (χ1) is 11.8. The highest BCUT2D eigenvalue weighted by Gasteiger charge is 2.02. The summed E-state index contributed by atoms with van der Waals surface area (Å²) in [7, 11) is 0. The van der Waals surface area contributed by atoms with Gasteiger partial charge in [-0.2, -0.15) is 0 Å². The van der Waals surface area contributed by atoms with Crippen molar-refractivity contribution in [3.05, 3.63) is 48.5 Å². The third kappa shape index (κ3) is 6.25. The zero-order valence-electron chi connectivity index (χ0n) is 14.7.